The molecule has 0 aliphatic rings. The summed E-state index contributed by atoms with van der Waals surface area (Å²) in [5.41, 5.74) is -1.43. The van der Waals surface area contributed by atoms with Gasteiger partial charge in [-0.05, 0) is 32.8 Å². The third-order valence-electron chi connectivity index (χ3n) is 3.05. The second-order valence-corrected chi connectivity index (χ2v) is 4.49. The number of carbonyl (C=O) groups is 2. The van der Waals surface area contributed by atoms with Crippen LogP contribution in [0.2, 0.25) is 0 Å². The van der Waals surface area contributed by atoms with E-state index < -0.39 is 23.6 Å². The Bertz CT molecular complexity index is 366. The SMILES string of the molecule is C=CCC(C/C=C/C(OC)OC)(C(=O)OCC)C(=O)OCC. The maximum atomic E-state index is 12.3. The van der Waals surface area contributed by atoms with Crippen LogP contribution in [0.5, 0.6) is 0 Å². The Morgan fingerprint density at radius 2 is 1.55 bits per heavy atom. The Morgan fingerprint density at radius 3 is 1.91 bits per heavy atom. The van der Waals surface area contributed by atoms with E-state index in [4.69, 9.17) is 18.9 Å². The zero-order valence-electron chi connectivity index (χ0n) is 13.8. The maximum Gasteiger partial charge on any atom is 0.324 e. The fourth-order valence-corrected chi connectivity index (χ4v) is 1.92. The molecule has 0 aliphatic heterocycles. The first-order valence-corrected chi connectivity index (χ1v) is 7.19. The summed E-state index contributed by atoms with van der Waals surface area (Å²) in [5.74, 6) is -1.24. The van der Waals surface area contributed by atoms with E-state index in [0.29, 0.717) is 0 Å². The summed E-state index contributed by atoms with van der Waals surface area (Å²) in [6.45, 7) is 7.35. The van der Waals surface area contributed by atoms with Crippen LogP contribution in [0, 0.1) is 5.41 Å². The first-order valence-electron chi connectivity index (χ1n) is 7.19. The first-order chi connectivity index (χ1) is 10.5. The van der Waals surface area contributed by atoms with Gasteiger partial charge < -0.3 is 18.9 Å². The molecule has 6 heteroatoms. The van der Waals surface area contributed by atoms with Crippen molar-refractivity contribution in [1.29, 1.82) is 0 Å². The van der Waals surface area contributed by atoms with Gasteiger partial charge in [0.05, 0.1) is 13.2 Å². The topological polar surface area (TPSA) is 71.1 Å². The van der Waals surface area contributed by atoms with Crippen molar-refractivity contribution in [1.82, 2.24) is 0 Å². The first kappa shape index (κ1) is 20.3. The van der Waals surface area contributed by atoms with Gasteiger partial charge in [-0.3, -0.25) is 9.59 Å². The molecule has 0 aromatic rings. The van der Waals surface area contributed by atoms with E-state index in [1.165, 1.54) is 20.3 Å². The third kappa shape index (κ3) is 5.61. The van der Waals surface area contributed by atoms with Crippen molar-refractivity contribution in [3.05, 3.63) is 24.8 Å². The van der Waals surface area contributed by atoms with Gasteiger partial charge in [-0.25, -0.2) is 0 Å². The highest BCUT2D eigenvalue weighted by molar-refractivity contribution is 6.00. The monoisotopic (exact) mass is 314 g/mol. The van der Waals surface area contributed by atoms with Gasteiger partial charge in [-0.15, -0.1) is 6.58 Å². The molecule has 0 aromatic carbocycles. The van der Waals surface area contributed by atoms with Crippen molar-refractivity contribution in [3.8, 4) is 0 Å². The number of hydrogen-bond acceptors (Lipinski definition) is 6. The smallest absolute Gasteiger partial charge is 0.324 e. The van der Waals surface area contributed by atoms with Crippen molar-refractivity contribution in [2.45, 2.75) is 33.0 Å². The standard InChI is InChI=1S/C16H26O6/c1-6-11-16(14(17)21-7-2,15(18)22-8-3)12-9-10-13(19-4)20-5/h6,9-10,13H,1,7-8,11-12H2,2-5H3/b10-9+. The predicted octanol–water partition coefficient (Wildman–Crippen LogP) is 2.24. The van der Waals surface area contributed by atoms with Gasteiger partial charge >= 0.3 is 11.9 Å². The molecule has 0 fully saturated rings. The van der Waals surface area contributed by atoms with Gasteiger partial charge in [0.25, 0.3) is 0 Å². The molecule has 0 atom stereocenters. The molecule has 0 aliphatic carbocycles. The number of rotatable bonds is 11. The van der Waals surface area contributed by atoms with E-state index in [1.54, 1.807) is 26.0 Å². The molecular weight excluding hydrogens is 288 g/mol. The van der Waals surface area contributed by atoms with E-state index >= 15 is 0 Å². The minimum absolute atomic E-state index is 0.111. The molecule has 0 amide bonds. The molecule has 0 spiro atoms. The number of ether oxygens (including phenoxy) is 4. The maximum absolute atomic E-state index is 12.3. The summed E-state index contributed by atoms with van der Waals surface area (Å²) in [5, 5.41) is 0. The zero-order valence-corrected chi connectivity index (χ0v) is 13.8. The van der Waals surface area contributed by atoms with Gasteiger partial charge in [0, 0.05) is 14.2 Å². The molecular formula is C16H26O6. The van der Waals surface area contributed by atoms with E-state index in [-0.39, 0.29) is 26.1 Å². The van der Waals surface area contributed by atoms with Crippen molar-refractivity contribution in [3.63, 3.8) is 0 Å². The second kappa shape index (κ2) is 11.0. The Hall–Kier alpha value is -1.66. The normalized spacial score (nSPS) is 11.7. The number of methoxy groups -OCH3 is 2. The number of carbonyl (C=O) groups excluding carboxylic acids is 2. The Kier molecular flexibility index (Phi) is 10.2. The zero-order chi connectivity index (χ0) is 17.0. The van der Waals surface area contributed by atoms with Crippen LogP contribution in [0.1, 0.15) is 26.7 Å². The molecule has 0 unspecified atom stereocenters. The molecule has 0 bridgehead atoms. The molecule has 0 N–H and O–H groups in total. The Balaban J connectivity index is 5.38. The van der Waals surface area contributed by atoms with Crippen LogP contribution in [-0.2, 0) is 28.5 Å². The van der Waals surface area contributed by atoms with Crippen LogP contribution in [-0.4, -0.2) is 45.7 Å². The fourth-order valence-electron chi connectivity index (χ4n) is 1.92. The molecule has 0 heterocycles. The number of esters is 2. The van der Waals surface area contributed by atoms with Crippen molar-refractivity contribution in [2.24, 2.45) is 5.41 Å². The number of hydrogen-bond donors (Lipinski definition) is 0. The summed E-state index contributed by atoms with van der Waals surface area (Å²) in [6.07, 6.45) is 4.46. The highest BCUT2D eigenvalue weighted by atomic mass is 16.7. The lowest BCUT2D eigenvalue weighted by Crippen LogP contribution is -2.41. The molecule has 0 saturated heterocycles. The third-order valence-corrected chi connectivity index (χ3v) is 3.05. The van der Waals surface area contributed by atoms with Crippen molar-refractivity contribution in [2.75, 3.05) is 27.4 Å². The Labute approximate surface area is 132 Å². The average Bonchev–Trinajstić information content (AvgIpc) is 2.50. The number of allylic oxidation sites excluding steroid dienone is 2. The molecule has 126 valence electrons. The van der Waals surface area contributed by atoms with E-state index in [1.807, 2.05) is 0 Å². The molecule has 22 heavy (non-hydrogen) atoms. The summed E-state index contributed by atoms with van der Waals surface area (Å²) in [7, 11) is 2.98. The van der Waals surface area contributed by atoms with Crippen LogP contribution in [0.4, 0.5) is 0 Å². The van der Waals surface area contributed by atoms with Crippen molar-refractivity contribution >= 4 is 11.9 Å². The molecule has 0 rings (SSSR count). The second-order valence-electron chi connectivity index (χ2n) is 4.49. The van der Waals surface area contributed by atoms with E-state index in [0.717, 1.165) is 0 Å². The molecule has 0 radical (unpaired) electrons. The quantitative estimate of drug-likeness (QED) is 0.252. The Morgan fingerprint density at radius 1 is 1.05 bits per heavy atom. The predicted molar refractivity (Wildman–Crippen MR) is 82.1 cm³/mol. The fraction of sp³-hybridized carbons (Fsp3) is 0.625. The van der Waals surface area contributed by atoms with Gasteiger partial charge in [0.15, 0.2) is 11.7 Å². The van der Waals surface area contributed by atoms with Gasteiger partial charge in [-0.1, -0.05) is 12.2 Å². The highest BCUT2D eigenvalue weighted by Crippen LogP contribution is 2.32. The summed E-state index contributed by atoms with van der Waals surface area (Å²) in [6, 6.07) is 0. The lowest BCUT2D eigenvalue weighted by molar-refractivity contribution is -0.171. The minimum Gasteiger partial charge on any atom is -0.465 e. The van der Waals surface area contributed by atoms with Gasteiger partial charge in [0.2, 0.25) is 0 Å². The van der Waals surface area contributed by atoms with Crippen LogP contribution >= 0.6 is 0 Å². The summed E-state index contributed by atoms with van der Waals surface area (Å²) >= 11 is 0. The van der Waals surface area contributed by atoms with E-state index in [9.17, 15) is 9.59 Å². The highest BCUT2D eigenvalue weighted by Gasteiger charge is 2.47. The lowest BCUT2D eigenvalue weighted by Gasteiger charge is -2.27. The van der Waals surface area contributed by atoms with Gasteiger partial charge in [0.1, 0.15) is 0 Å². The molecule has 0 aromatic heterocycles. The van der Waals surface area contributed by atoms with Crippen LogP contribution in [0.15, 0.2) is 24.8 Å². The largest absolute Gasteiger partial charge is 0.465 e. The lowest BCUT2D eigenvalue weighted by atomic mass is 9.80. The van der Waals surface area contributed by atoms with Gasteiger partial charge in [-0.2, -0.15) is 0 Å². The van der Waals surface area contributed by atoms with Crippen LogP contribution in [0.3, 0.4) is 0 Å². The van der Waals surface area contributed by atoms with Crippen molar-refractivity contribution < 1.29 is 28.5 Å². The summed E-state index contributed by atoms with van der Waals surface area (Å²) < 4.78 is 20.2. The molecule has 0 saturated carbocycles. The van der Waals surface area contributed by atoms with E-state index in [2.05, 4.69) is 6.58 Å². The summed E-state index contributed by atoms with van der Waals surface area (Å²) in [4.78, 5) is 24.6. The molecule has 6 nitrogen and oxygen atoms in total. The van der Waals surface area contributed by atoms with Crippen LogP contribution in [0.25, 0.3) is 0 Å². The average molecular weight is 314 g/mol. The van der Waals surface area contributed by atoms with Crippen LogP contribution < -0.4 is 0 Å². The minimum atomic E-state index is -1.43.